The number of amides is 1. The van der Waals surface area contributed by atoms with Crippen molar-refractivity contribution in [3.63, 3.8) is 0 Å². The second kappa shape index (κ2) is 12.7. The molecule has 2 aromatic heterocycles. The van der Waals surface area contributed by atoms with Crippen molar-refractivity contribution >= 4 is 86.9 Å². The van der Waals surface area contributed by atoms with Crippen molar-refractivity contribution in [3.05, 3.63) is 51.5 Å². The van der Waals surface area contributed by atoms with Crippen LogP contribution in [0.25, 0.3) is 10.9 Å². The van der Waals surface area contributed by atoms with E-state index < -0.39 is 23.7 Å². The quantitative estimate of drug-likeness (QED) is 0.131. The van der Waals surface area contributed by atoms with Gasteiger partial charge in [-0.25, -0.2) is 19.0 Å². The Morgan fingerprint density at radius 1 is 1.31 bits per heavy atom. The summed E-state index contributed by atoms with van der Waals surface area (Å²) in [6.45, 7) is 3.83. The van der Waals surface area contributed by atoms with Crippen LogP contribution in [0.4, 0.5) is 21.6 Å². The number of hydrogen-bond donors (Lipinski definition) is 3. The number of anilines is 3. The minimum absolute atomic E-state index is 0.00994. The average Bonchev–Trinajstić information content (AvgIpc) is 3.26. The van der Waals surface area contributed by atoms with E-state index in [0.717, 1.165) is 0 Å². The van der Waals surface area contributed by atoms with Crippen molar-refractivity contribution in [2.45, 2.75) is 30.6 Å². The van der Waals surface area contributed by atoms with Gasteiger partial charge in [0.25, 0.3) is 0 Å². The third-order valence-corrected chi connectivity index (χ3v) is 8.00. The maximum Gasteiger partial charge on any atom is 0.304 e. The molecule has 2 heterocycles. The summed E-state index contributed by atoms with van der Waals surface area (Å²) in [5.41, 5.74) is 1.46. The molecule has 0 radical (unpaired) electrons. The number of carboxylic acids is 1. The third kappa shape index (κ3) is 7.01. The molecular weight excluding hydrogens is 587 g/mol. The highest BCUT2D eigenvalue weighted by atomic mass is 35.5. The zero-order valence-electron chi connectivity index (χ0n) is 20.6. The van der Waals surface area contributed by atoms with Crippen molar-refractivity contribution in [1.29, 1.82) is 0 Å². The Morgan fingerprint density at radius 3 is 2.82 bits per heavy atom. The summed E-state index contributed by atoms with van der Waals surface area (Å²) in [6, 6.07) is 6.82. The minimum atomic E-state index is -0.899. The number of ether oxygens (including phenoxy) is 1. The lowest BCUT2D eigenvalue weighted by atomic mass is 10.1. The second-order valence-electron chi connectivity index (χ2n) is 8.01. The molecule has 0 aliphatic rings. The second-order valence-corrected chi connectivity index (χ2v) is 11.4. The Bertz CT molecular complexity index is 1600. The van der Waals surface area contributed by atoms with Gasteiger partial charge >= 0.3 is 5.97 Å². The molecule has 0 aliphatic heterocycles. The highest BCUT2D eigenvalue weighted by Gasteiger charge is 2.21. The summed E-state index contributed by atoms with van der Waals surface area (Å²) in [5, 5.41) is 19.8. The molecule has 0 saturated heterocycles. The van der Waals surface area contributed by atoms with E-state index in [1.54, 1.807) is 19.1 Å². The van der Waals surface area contributed by atoms with Crippen molar-refractivity contribution in [3.8, 4) is 5.75 Å². The number of nitrogens with one attached hydrogen (secondary N) is 2. The number of benzene rings is 2. The molecule has 1 atom stereocenters. The number of carbonyl (C=O) groups excluding carboxylic acids is 1. The van der Waals surface area contributed by atoms with Gasteiger partial charge in [-0.1, -0.05) is 34.7 Å². The summed E-state index contributed by atoms with van der Waals surface area (Å²) in [4.78, 5) is 32.7. The Morgan fingerprint density at radius 2 is 2.10 bits per heavy atom. The highest BCUT2D eigenvalue weighted by Crippen LogP contribution is 2.34. The summed E-state index contributed by atoms with van der Waals surface area (Å²) >= 11 is 13.8. The molecule has 0 spiro atoms. The molecule has 4 rings (SSSR count). The lowest BCUT2D eigenvalue weighted by Gasteiger charge is -2.17. The first-order valence-electron chi connectivity index (χ1n) is 11.5. The molecule has 0 fully saturated rings. The third-order valence-electron chi connectivity index (χ3n) is 5.32. The summed E-state index contributed by atoms with van der Waals surface area (Å²) < 4.78 is 21.8. The highest BCUT2D eigenvalue weighted by molar-refractivity contribution is 8.01. The lowest BCUT2D eigenvalue weighted by Crippen LogP contribution is -2.25. The van der Waals surface area contributed by atoms with Gasteiger partial charge in [0.1, 0.15) is 29.8 Å². The fourth-order valence-electron chi connectivity index (χ4n) is 3.41. The summed E-state index contributed by atoms with van der Waals surface area (Å²) in [6.07, 6.45) is 1.37. The maximum absolute atomic E-state index is 13.6. The summed E-state index contributed by atoms with van der Waals surface area (Å²) in [7, 11) is 0. The van der Waals surface area contributed by atoms with Gasteiger partial charge in [-0.3, -0.25) is 9.59 Å². The molecule has 39 heavy (non-hydrogen) atoms. The van der Waals surface area contributed by atoms with E-state index in [9.17, 15) is 14.0 Å². The van der Waals surface area contributed by atoms with E-state index >= 15 is 0 Å². The van der Waals surface area contributed by atoms with E-state index in [1.165, 1.54) is 52.3 Å². The van der Waals surface area contributed by atoms with Crippen LogP contribution in [-0.4, -0.2) is 49.1 Å². The Labute approximate surface area is 240 Å². The number of fused-ring (bicyclic) bond motifs is 1. The van der Waals surface area contributed by atoms with Crippen LogP contribution in [0.2, 0.25) is 5.02 Å². The van der Waals surface area contributed by atoms with E-state index in [-0.39, 0.29) is 11.4 Å². The molecule has 3 N–H and O–H groups in total. The fourth-order valence-corrected chi connectivity index (χ4v) is 6.08. The molecule has 0 bridgehead atoms. The zero-order chi connectivity index (χ0) is 28.1. The van der Waals surface area contributed by atoms with Crippen LogP contribution >= 0.6 is 46.9 Å². The predicted octanol–water partition coefficient (Wildman–Crippen LogP) is 6.32. The molecule has 1 amide bonds. The zero-order valence-corrected chi connectivity index (χ0v) is 23.8. The molecule has 204 valence electrons. The van der Waals surface area contributed by atoms with E-state index in [4.69, 9.17) is 33.7 Å². The van der Waals surface area contributed by atoms with Crippen molar-refractivity contribution < 1.29 is 23.8 Å². The van der Waals surface area contributed by atoms with Crippen molar-refractivity contribution in [2.24, 2.45) is 0 Å². The standard InChI is InChI=1S/C24H22ClFN6O4S3/c1-3-36-19-10-17-14(21(28-11-27-17)29-13-4-5-16(26)15(25)8-13)9-18(19)30-22(35)12(2)32-24(37)39-23(31-32)38-7-6-20(33)34/h4-5,8-12H,3,6-7H2,1-2H3,(H,30,35)(H,33,34)(H,27,28,29). The van der Waals surface area contributed by atoms with Crippen molar-refractivity contribution in [2.75, 3.05) is 23.0 Å². The van der Waals surface area contributed by atoms with Crippen LogP contribution in [0.3, 0.4) is 0 Å². The van der Waals surface area contributed by atoms with Gasteiger partial charge < -0.3 is 20.5 Å². The van der Waals surface area contributed by atoms with Gasteiger partial charge in [0.05, 0.1) is 29.3 Å². The number of aliphatic carboxylic acids is 1. The number of halogens is 2. The normalized spacial score (nSPS) is 11.8. The van der Waals surface area contributed by atoms with Crippen LogP contribution < -0.4 is 15.4 Å². The Balaban J connectivity index is 1.61. The maximum atomic E-state index is 13.6. The van der Waals surface area contributed by atoms with Gasteiger partial charge in [0, 0.05) is 22.9 Å². The van der Waals surface area contributed by atoms with Gasteiger partial charge in [-0.2, -0.15) is 5.10 Å². The van der Waals surface area contributed by atoms with Crippen LogP contribution in [0.15, 0.2) is 41.0 Å². The first kappa shape index (κ1) is 28.7. The van der Waals surface area contributed by atoms with E-state index in [0.29, 0.717) is 54.5 Å². The first-order valence-corrected chi connectivity index (χ1v) is 14.1. The number of nitrogens with zero attached hydrogens (tertiary/aromatic N) is 4. The fraction of sp³-hybridized carbons (Fsp3) is 0.250. The number of aromatic nitrogens is 4. The predicted molar refractivity (Wildman–Crippen MR) is 153 cm³/mol. The smallest absolute Gasteiger partial charge is 0.304 e. The SMILES string of the molecule is CCOc1cc2ncnc(Nc3ccc(F)c(Cl)c3)c2cc1NC(=O)C(C)n1nc(SCCC(=O)O)sc1=S. The average molecular weight is 609 g/mol. The lowest BCUT2D eigenvalue weighted by molar-refractivity contribution is -0.136. The van der Waals surface area contributed by atoms with E-state index in [2.05, 4.69) is 25.7 Å². The molecule has 2 aromatic carbocycles. The minimum Gasteiger partial charge on any atom is -0.492 e. The van der Waals surface area contributed by atoms with Crippen molar-refractivity contribution in [1.82, 2.24) is 19.7 Å². The molecule has 4 aromatic rings. The molecule has 15 heteroatoms. The Kier molecular flexibility index (Phi) is 9.32. The monoisotopic (exact) mass is 608 g/mol. The number of carbonyl (C=O) groups is 2. The Hall–Kier alpha value is -3.33. The largest absolute Gasteiger partial charge is 0.492 e. The number of hydrogen-bond acceptors (Lipinski definition) is 10. The van der Waals surface area contributed by atoms with E-state index in [1.807, 2.05) is 6.92 Å². The van der Waals surface area contributed by atoms with Crippen LogP contribution in [-0.2, 0) is 9.59 Å². The topological polar surface area (TPSA) is 131 Å². The van der Waals surface area contributed by atoms with Crippen LogP contribution in [0.5, 0.6) is 5.75 Å². The van der Waals surface area contributed by atoms with Gasteiger partial charge in [0.2, 0.25) is 5.91 Å². The summed E-state index contributed by atoms with van der Waals surface area (Å²) in [5.74, 6) is -0.665. The molecule has 0 aliphatic carbocycles. The molecule has 10 nitrogen and oxygen atoms in total. The van der Waals surface area contributed by atoms with Gasteiger partial charge in [-0.15, -0.1) is 0 Å². The van der Waals surface area contributed by atoms with Gasteiger partial charge in [0.15, 0.2) is 8.29 Å². The van der Waals surface area contributed by atoms with Crippen LogP contribution in [0, 0.1) is 9.77 Å². The molecule has 0 saturated carbocycles. The first-order chi connectivity index (χ1) is 18.7. The molecular formula is C24H22ClFN6O4S3. The molecule has 1 unspecified atom stereocenters. The van der Waals surface area contributed by atoms with Gasteiger partial charge in [-0.05, 0) is 50.3 Å². The number of thioether (sulfide) groups is 1. The number of carboxylic acid groups (broad SMARTS) is 1. The van der Waals surface area contributed by atoms with Crippen LogP contribution in [0.1, 0.15) is 26.3 Å². The number of rotatable bonds is 11.